The number of carbonyl (C=O) groups excluding carboxylic acids is 1. The van der Waals surface area contributed by atoms with Gasteiger partial charge in [0.25, 0.3) is 0 Å². The van der Waals surface area contributed by atoms with E-state index >= 15 is 0 Å². The summed E-state index contributed by atoms with van der Waals surface area (Å²) < 4.78 is 6.77. The first kappa shape index (κ1) is 13.7. The lowest BCUT2D eigenvalue weighted by molar-refractivity contribution is 0.143. The quantitative estimate of drug-likeness (QED) is 0.684. The first-order valence-electron chi connectivity index (χ1n) is 6.90. The van der Waals surface area contributed by atoms with Gasteiger partial charge in [-0.1, -0.05) is 24.3 Å². The van der Waals surface area contributed by atoms with Crippen LogP contribution in [0.3, 0.4) is 0 Å². The smallest absolute Gasteiger partial charge is 0.410 e. The predicted molar refractivity (Wildman–Crippen MR) is 88.1 cm³/mol. The number of amides is 1. The zero-order valence-electron chi connectivity index (χ0n) is 11.1. The van der Waals surface area contributed by atoms with Crippen LogP contribution in [0.4, 0.5) is 4.79 Å². The monoisotopic (exact) mass is 381 g/mol. The van der Waals surface area contributed by atoms with Gasteiger partial charge >= 0.3 is 6.09 Å². The van der Waals surface area contributed by atoms with E-state index in [9.17, 15) is 4.79 Å². The Morgan fingerprint density at radius 2 is 1.70 bits per heavy atom. The summed E-state index contributed by atoms with van der Waals surface area (Å²) in [5.41, 5.74) is 0. The highest BCUT2D eigenvalue weighted by Gasteiger charge is 2.19. The first-order valence-corrected chi connectivity index (χ1v) is 7.97. The zero-order chi connectivity index (χ0) is 13.9. The van der Waals surface area contributed by atoms with Gasteiger partial charge in [-0.05, 0) is 59.4 Å². The molecule has 2 aromatic rings. The van der Waals surface area contributed by atoms with Crippen molar-refractivity contribution in [1.29, 1.82) is 0 Å². The van der Waals surface area contributed by atoms with Crippen molar-refractivity contribution in [2.24, 2.45) is 0 Å². The summed E-state index contributed by atoms with van der Waals surface area (Å²) in [6.45, 7) is 1.61. The summed E-state index contributed by atoms with van der Waals surface area (Å²) >= 11 is 2.30. The average Bonchev–Trinajstić information content (AvgIpc) is 2.51. The molecule has 3 rings (SSSR count). The van der Waals surface area contributed by atoms with Gasteiger partial charge in [-0.3, -0.25) is 0 Å². The second-order valence-electron chi connectivity index (χ2n) is 5.01. The van der Waals surface area contributed by atoms with Crippen molar-refractivity contribution in [3.05, 3.63) is 40.0 Å². The Bertz CT molecular complexity index is 635. The molecule has 3 nitrogen and oxygen atoms in total. The van der Waals surface area contributed by atoms with Crippen LogP contribution in [0.25, 0.3) is 10.8 Å². The number of rotatable bonds is 1. The van der Waals surface area contributed by atoms with Gasteiger partial charge in [0.1, 0.15) is 5.75 Å². The minimum absolute atomic E-state index is 0.226. The highest BCUT2D eigenvalue weighted by Crippen LogP contribution is 2.29. The summed E-state index contributed by atoms with van der Waals surface area (Å²) in [5.74, 6) is 0.650. The Kier molecular flexibility index (Phi) is 4.10. The van der Waals surface area contributed by atoms with Crippen molar-refractivity contribution in [2.45, 2.75) is 19.3 Å². The Labute approximate surface area is 132 Å². The minimum Gasteiger partial charge on any atom is -0.410 e. The Balaban J connectivity index is 1.87. The molecule has 20 heavy (non-hydrogen) atoms. The van der Waals surface area contributed by atoms with E-state index in [1.165, 1.54) is 6.42 Å². The van der Waals surface area contributed by atoms with Crippen LogP contribution in [0.5, 0.6) is 5.75 Å². The van der Waals surface area contributed by atoms with Crippen molar-refractivity contribution >= 4 is 39.5 Å². The molecule has 0 saturated carbocycles. The maximum absolute atomic E-state index is 12.2. The van der Waals surface area contributed by atoms with E-state index in [1.807, 2.05) is 30.3 Å². The number of benzene rings is 2. The molecular weight excluding hydrogens is 365 g/mol. The fraction of sp³-hybridized carbons (Fsp3) is 0.312. The van der Waals surface area contributed by atoms with Crippen LogP contribution >= 0.6 is 22.6 Å². The van der Waals surface area contributed by atoms with Crippen LogP contribution in [-0.2, 0) is 0 Å². The average molecular weight is 381 g/mol. The molecular formula is C16H16INO2. The molecule has 0 radical (unpaired) electrons. The zero-order valence-corrected chi connectivity index (χ0v) is 13.3. The van der Waals surface area contributed by atoms with Gasteiger partial charge in [0.05, 0.1) is 0 Å². The number of halogens is 1. The number of hydrogen-bond donors (Lipinski definition) is 0. The van der Waals surface area contributed by atoms with E-state index in [1.54, 1.807) is 4.90 Å². The highest BCUT2D eigenvalue weighted by atomic mass is 127. The fourth-order valence-electron chi connectivity index (χ4n) is 2.56. The third-order valence-electron chi connectivity index (χ3n) is 3.64. The summed E-state index contributed by atoms with van der Waals surface area (Å²) in [5, 5.41) is 2.11. The molecule has 0 unspecified atom stereocenters. The molecule has 0 bridgehead atoms. The van der Waals surface area contributed by atoms with Gasteiger partial charge < -0.3 is 9.64 Å². The van der Waals surface area contributed by atoms with Crippen LogP contribution in [0.2, 0.25) is 0 Å². The number of ether oxygens (including phenoxy) is 1. The molecule has 104 valence electrons. The standard InChI is InChI=1S/C16H16INO2/c17-14-8-9-15(13-7-3-2-6-12(13)14)20-16(19)18-10-4-1-5-11-18/h2-3,6-9H,1,4-5,10-11H2. The van der Waals surface area contributed by atoms with Gasteiger partial charge in [-0.2, -0.15) is 0 Å². The molecule has 1 saturated heterocycles. The number of likely N-dealkylation sites (tertiary alicyclic amines) is 1. The Morgan fingerprint density at radius 1 is 1.00 bits per heavy atom. The second kappa shape index (κ2) is 5.99. The predicted octanol–water partition coefficient (Wildman–Crippen LogP) is 4.43. The van der Waals surface area contributed by atoms with Gasteiger partial charge in [0, 0.05) is 22.0 Å². The fourth-order valence-corrected chi connectivity index (χ4v) is 3.21. The van der Waals surface area contributed by atoms with E-state index in [0.29, 0.717) is 5.75 Å². The third kappa shape index (κ3) is 2.75. The van der Waals surface area contributed by atoms with Crippen molar-refractivity contribution in [3.63, 3.8) is 0 Å². The number of carbonyl (C=O) groups is 1. The lowest BCUT2D eigenvalue weighted by Crippen LogP contribution is -2.37. The van der Waals surface area contributed by atoms with Crippen molar-refractivity contribution in [1.82, 2.24) is 4.90 Å². The topological polar surface area (TPSA) is 29.5 Å². The third-order valence-corrected chi connectivity index (χ3v) is 4.58. The van der Waals surface area contributed by atoms with Crippen LogP contribution in [0.1, 0.15) is 19.3 Å². The Hall–Kier alpha value is -1.30. The molecule has 1 aliphatic heterocycles. The molecule has 0 aromatic heterocycles. The SMILES string of the molecule is O=C(Oc1ccc(I)c2ccccc12)N1CCCCC1. The number of fused-ring (bicyclic) bond motifs is 1. The number of hydrogen-bond acceptors (Lipinski definition) is 2. The molecule has 1 fully saturated rings. The highest BCUT2D eigenvalue weighted by molar-refractivity contribution is 14.1. The molecule has 1 heterocycles. The van der Waals surface area contributed by atoms with E-state index in [4.69, 9.17) is 4.74 Å². The van der Waals surface area contributed by atoms with Crippen molar-refractivity contribution < 1.29 is 9.53 Å². The molecule has 2 aromatic carbocycles. The molecule has 0 aliphatic carbocycles. The van der Waals surface area contributed by atoms with Gasteiger partial charge in [-0.25, -0.2) is 4.79 Å². The van der Waals surface area contributed by atoms with Crippen molar-refractivity contribution in [2.75, 3.05) is 13.1 Å². The van der Waals surface area contributed by atoms with E-state index in [2.05, 4.69) is 28.7 Å². The van der Waals surface area contributed by atoms with Gasteiger partial charge in [0.15, 0.2) is 0 Å². The van der Waals surface area contributed by atoms with Gasteiger partial charge in [0.2, 0.25) is 0 Å². The van der Waals surface area contributed by atoms with E-state index < -0.39 is 0 Å². The normalized spacial score (nSPS) is 15.3. The summed E-state index contributed by atoms with van der Waals surface area (Å²) in [4.78, 5) is 14.0. The molecule has 0 atom stereocenters. The molecule has 1 amide bonds. The Morgan fingerprint density at radius 3 is 2.45 bits per heavy atom. The van der Waals surface area contributed by atoms with E-state index in [0.717, 1.165) is 40.3 Å². The lowest BCUT2D eigenvalue weighted by Gasteiger charge is -2.25. The minimum atomic E-state index is -0.226. The largest absolute Gasteiger partial charge is 0.415 e. The molecule has 0 spiro atoms. The summed E-state index contributed by atoms with van der Waals surface area (Å²) in [6.07, 6.45) is 3.12. The number of piperidine rings is 1. The van der Waals surface area contributed by atoms with Crippen LogP contribution in [-0.4, -0.2) is 24.1 Å². The van der Waals surface area contributed by atoms with Crippen LogP contribution in [0.15, 0.2) is 36.4 Å². The summed E-state index contributed by atoms with van der Waals surface area (Å²) in [7, 11) is 0. The summed E-state index contributed by atoms with van der Waals surface area (Å²) in [6, 6.07) is 11.9. The van der Waals surface area contributed by atoms with Crippen molar-refractivity contribution in [3.8, 4) is 5.75 Å². The maximum Gasteiger partial charge on any atom is 0.415 e. The maximum atomic E-state index is 12.2. The lowest BCUT2D eigenvalue weighted by atomic mass is 10.1. The first-order chi connectivity index (χ1) is 9.75. The molecule has 1 aliphatic rings. The number of nitrogens with zero attached hydrogens (tertiary/aromatic N) is 1. The second-order valence-corrected chi connectivity index (χ2v) is 6.17. The van der Waals surface area contributed by atoms with Crippen LogP contribution < -0.4 is 4.74 Å². The van der Waals surface area contributed by atoms with Crippen LogP contribution in [0, 0.1) is 3.57 Å². The molecule has 4 heteroatoms. The van der Waals surface area contributed by atoms with Gasteiger partial charge in [-0.15, -0.1) is 0 Å². The van der Waals surface area contributed by atoms with E-state index in [-0.39, 0.29) is 6.09 Å². The molecule has 0 N–H and O–H groups in total.